The Morgan fingerprint density at radius 3 is 2.78 bits per heavy atom. The first kappa shape index (κ1) is 12.7. The highest BCUT2D eigenvalue weighted by atomic mass is 16.6. The molecule has 2 atom stereocenters. The van der Waals surface area contributed by atoms with Crippen LogP contribution in [0.15, 0.2) is 18.2 Å². The van der Waals surface area contributed by atoms with Gasteiger partial charge in [-0.25, -0.2) is 0 Å². The van der Waals surface area contributed by atoms with Crippen molar-refractivity contribution in [2.45, 2.75) is 37.6 Å². The van der Waals surface area contributed by atoms with Gasteiger partial charge in [0.15, 0.2) is 11.5 Å². The molecule has 1 aliphatic rings. The summed E-state index contributed by atoms with van der Waals surface area (Å²) in [7, 11) is 1.48. The highest BCUT2D eigenvalue weighted by Crippen LogP contribution is 2.38. The van der Waals surface area contributed by atoms with E-state index in [1.807, 2.05) is 0 Å². The Bertz CT molecular complexity index is 447. The zero-order chi connectivity index (χ0) is 13.1. The molecule has 1 saturated carbocycles. The van der Waals surface area contributed by atoms with E-state index in [0.29, 0.717) is 12.2 Å². The van der Waals surface area contributed by atoms with Crippen molar-refractivity contribution in [1.29, 1.82) is 0 Å². The minimum atomic E-state index is -0.520. The first-order valence-corrected chi connectivity index (χ1v) is 6.14. The lowest BCUT2D eigenvalue weighted by molar-refractivity contribution is -0.530. The van der Waals surface area contributed by atoms with Crippen molar-refractivity contribution in [3.63, 3.8) is 0 Å². The first-order valence-electron chi connectivity index (χ1n) is 6.14. The summed E-state index contributed by atoms with van der Waals surface area (Å²) in [6, 6.07) is 4.49. The minimum absolute atomic E-state index is 0.0645. The molecule has 0 spiro atoms. The van der Waals surface area contributed by atoms with Crippen LogP contribution in [0, 0.1) is 10.1 Å². The molecule has 5 heteroatoms. The zero-order valence-electron chi connectivity index (χ0n) is 10.3. The maximum atomic E-state index is 11.1. The van der Waals surface area contributed by atoms with E-state index in [1.54, 1.807) is 18.2 Å². The smallest absolute Gasteiger partial charge is 0.219 e. The molecule has 0 amide bonds. The summed E-state index contributed by atoms with van der Waals surface area (Å²) in [5.41, 5.74) is 0.881. The standard InChI is InChI=1S/C13H17NO4/c1-18-13-8-9(6-7-12(13)15)10-4-2-3-5-11(10)14(16)17/h6-8,10-11,15H,2-5H2,1H3. The quantitative estimate of drug-likeness (QED) is 0.662. The van der Waals surface area contributed by atoms with Crippen LogP contribution in [-0.4, -0.2) is 23.2 Å². The van der Waals surface area contributed by atoms with E-state index in [9.17, 15) is 15.2 Å². The van der Waals surface area contributed by atoms with Gasteiger partial charge in [0.1, 0.15) is 0 Å². The number of phenols is 1. The number of aromatic hydroxyl groups is 1. The van der Waals surface area contributed by atoms with Gasteiger partial charge in [-0.2, -0.15) is 0 Å². The second kappa shape index (κ2) is 5.25. The van der Waals surface area contributed by atoms with Gasteiger partial charge in [-0.05, 0) is 30.5 Å². The number of methoxy groups -OCH3 is 1. The maximum Gasteiger partial charge on any atom is 0.219 e. The molecule has 0 aliphatic heterocycles. The molecule has 98 valence electrons. The summed E-state index contributed by atoms with van der Waals surface area (Å²) in [5.74, 6) is 0.359. The molecule has 1 N–H and O–H groups in total. The largest absolute Gasteiger partial charge is 0.504 e. The lowest BCUT2D eigenvalue weighted by Gasteiger charge is -2.26. The van der Waals surface area contributed by atoms with Crippen molar-refractivity contribution in [1.82, 2.24) is 0 Å². The summed E-state index contributed by atoms with van der Waals surface area (Å²) in [4.78, 5) is 10.9. The molecule has 18 heavy (non-hydrogen) atoms. The average molecular weight is 251 g/mol. The van der Waals surface area contributed by atoms with Crippen LogP contribution in [0.5, 0.6) is 11.5 Å². The predicted molar refractivity (Wildman–Crippen MR) is 66.7 cm³/mol. The number of benzene rings is 1. The molecule has 0 bridgehead atoms. The monoisotopic (exact) mass is 251 g/mol. The molecule has 0 aromatic heterocycles. The fourth-order valence-corrected chi connectivity index (χ4v) is 2.68. The van der Waals surface area contributed by atoms with Crippen LogP contribution in [0.2, 0.25) is 0 Å². The van der Waals surface area contributed by atoms with E-state index in [0.717, 1.165) is 24.8 Å². The fourth-order valence-electron chi connectivity index (χ4n) is 2.68. The van der Waals surface area contributed by atoms with Gasteiger partial charge in [-0.1, -0.05) is 12.5 Å². The third-order valence-electron chi connectivity index (χ3n) is 3.63. The van der Waals surface area contributed by atoms with Gasteiger partial charge in [0, 0.05) is 11.3 Å². The number of nitrogens with zero attached hydrogens (tertiary/aromatic N) is 1. The van der Waals surface area contributed by atoms with Crippen LogP contribution in [0.3, 0.4) is 0 Å². The molecule has 1 fully saturated rings. The molecular weight excluding hydrogens is 234 g/mol. The molecule has 1 aromatic carbocycles. The van der Waals surface area contributed by atoms with Gasteiger partial charge in [-0.15, -0.1) is 0 Å². The minimum Gasteiger partial charge on any atom is -0.504 e. The number of ether oxygens (including phenoxy) is 1. The highest BCUT2D eigenvalue weighted by Gasteiger charge is 2.35. The number of hydrogen-bond acceptors (Lipinski definition) is 4. The Morgan fingerprint density at radius 1 is 1.39 bits per heavy atom. The van der Waals surface area contributed by atoms with Gasteiger partial charge >= 0.3 is 0 Å². The molecule has 5 nitrogen and oxygen atoms in total. The number of rotatable bonds is 3. The third kappa shape index (κ3) is 2.39. The highest BCUT2D eigenvalue weighted by molar-refractivity contribution is 5.43. The van der Waals surface area contributed by atoms with E-state index >= 15 is 0 Å². The summed E-state index contributed by atoms with van der Waals surface area (Å²) in [5, 5.41) is 20.6. The second-order valence-electron chi connectivity index (χ2n) is 4.67. The van der Waals surface area contributed by atoms with Crippen LogP contribution < -0.4 is 4.74 Å². The number of hydrogen-bond donors (Lipinski definition) is 1. The number of nitro groups is 1. The first-order chi connectivity index (χ1) is 8.63. The Balaban J connectivity index is 2.30. The summed E-state index contributed by atoms with van der Waals surface area (Å²) < 4.78 is 5.05. The van der Waals surface area contributed by atoms with E-state index < -0.39 is 6.04 Å². The number of phenolic OH excluding ortho intramolecular Hbond substituents is 1. The van der Waals surface area contributed by atoms with Crippen molar-refractivity contribution in [3.05, 3.63) is 33.9 Å². The molecule has 2 rings (SSSR count). The Kier molecular flexibility index (Phi) is 3.69. The normalized spacial score (nSPS) is 23.6. The maximum absolute atomic E-state index is 11.1. The molecular formula is C13H17NO4. The molecule has 0 saturated heterocycles. The van der Waals surface area contributed by atoms with Crippen LogP contribution in [0.4, 0.5) is 0 Å². The van der Waals surface area contributed by atoms with Crippen molar-refractivity contribution in [2.75, 3.05) is 7.11 Å². The SMILES string of the molecule is COc1cc(C2CCCCC2[N+](=O)[O-])ccc1O. The lowest BCUT2D eigenvalue weighted by atomic mass is 9.80. The van der Waals surface area contributed by atoms with Gasteiger partial charge < -0.3 is 9.84 Å². The van der Waals surface area contributed by atoms with Crippen LogP contribution >= 0.6 is 0 Å². The Labute approximate surface area is 106 Å². The molecule has 0 radical (unpaired) electrons. The fraction of sp³-hybridized carbons (Fsp3) is 0.538. The van der Waals surface area contributed by atoms with Crippen LogP contribution in [0.1, 0.15) is 37.2 Å². The van der Waals surface area contributed by atoms with Gasteiger partial charge in [0.2, 0.25) is 6.04 Å². The van der Waals surface area contributed by atoms with Gasteiger partial charge in [0.25, 0.3) is 0 Å². The summed E-state index contributed by atoms with van der Waals surface area (Å²) in [6.45, 7) is 0. The Hall–Kier alpha value is -1.78. The summed E-state index contributed by atoms with van der Waals surface area (Å²) >= 11 is 0. The van der Waals surface area contributed by atoms with Crippen LogP contribution in [0.25, 0.3) is 0 Å². The van der Waals surface area contributed by atoms with Crippen molar-refractivity contribution >= 4 is 0 Å². The predicted octanol–water partition coefficient (Wildman–Crippen LogP) is 2.70. The molecule has 0 heterocycles. The van der Waals surface area contributed by atoms with E-state index in [4.69, 9.17) is 4.74 Å². The summed E-state index contributed by atoms with van der Waals surface area (Å²) in [6.07, 6.45) is 3.37. The molecule has 1 aromatic rings. The van der Waals surface area contributed by atoms with E-state index in [2.05, 4.69) is 0 Å². The van der Waals surface area contributed by atoms with E-state index in [1.165, 1.54) is 7.11 Å². The van der Waals surface area contributed by atoms with Gasteiger partial charge in [0.05, 0.1) is 13.0 Å². The Morgan fingerprint density at radius 2 is 2.11 bits per heavy atom. The van der Waals surface area contributed by atoms with Crippen LogP contribution in [-0.2, 0) is 0 Å². The average Bonchev–Trinajstić information content (AvgIpc) is 2.39. The van der Waals surface area contributed by atoms with Crippen molar-refractivity contribution < 1.29 is 14.8 Å². The molecule has 1 aliphatic carbocycles. The second-order valence-corrected chi connectivity index (χ2v) is 4.67. The van der Waals surface area contributed by atoms with Gasteiger partial charge in [-0.3, -0.25) is 10.1 Å². The zero-order valence-corrected chi connectivity index (χ0v) is 10.3. The molecule has 2 unspecified atom stereocenters. The van der Waals surface area contributed by atoms with Crippen molar-refractivity contribution in [3.8, 4) is 11.5 Å². The van der Waals surface area contributed by atoms with E-state index in [-0.39, 0.29) is 16.6 Å². The van der Waals surface area contributed by atoms with Crippen molar-refractivity contribution in [2.24, 2.45) is 0 Å². The third-order valence-corrected chi connectivity index (χ3v) is 3.63. The topological polar surface area (TPSA) is 72.6 Å². The lowest BCUT2D eigenvalue weighted by Crippen LogP contribution is -2.30.